The molecule has 0 aliphatic rings. The zero-order chi connectivity index (χ0) is 24.4. The second-order valence-corrected chi connectivity index (χ2v) is 8.68. The number of nitrogens with one attached hydrogen (secondary N) is 3. The second-order valence-electron chi connectivity index (χ2n) is 7.03. The van der Waals surface area contributed by atoms with Gasteiger partial charge in [0.15, 0.2) is 0 Å². The lowest BCUT2D eigenvalue weighted by Crippen LogP contribution is -2.36. The summed E-state index contributed by atoms with van der Waals surface area (Å²) in [6.45, 7) is 0. The van der Waals surface area contributed by atoms with Crippen LogP contribution in [0.1, 0.15) is 10.5 Å². The summed E-state index contributed by atoms with van der Waals surface area (Å²) in [5, 5.41) is 6.96. The lowest BCUT2D eigenvalue weighted by Gasteiger charge is -2.13. The van der Waals surface area contributed by atoms with E-state index in [1.165, 1.54) is 10.7 Å². The smallest absolute Gasteiger partial charge is 0.321 e. The van der Waals surface area contributed by atoms with Crippen molar-refractivity contribution in [2.75, 3.05) is 16.1 Å². The summed E-state index contributed by atoms with van der Waals surface area (Å²) in [6, 6.07) is 17.5. The molecule has 0 unspecified atom stereocenters. The highest BCUT2D eigenvalue weighted by Crippen LogP contribution is 2.29. The number of hydrogen-bond acceptors (Lipinski definition) is 3. The first kappa shape index (κ1) is 23.9. The minimum Gasteiger partial charge on any atom is -0.321 e. The quantitative estimate of drug-likeness (QED) is 0.271. The second kappa shape index (κ2) is 9.95. The number of rotatable bonds is 4. The molecule has 0 saturated heterocycles. The standard InChI is InChI=1S/C23H14Cl4N4O3/c24-13-4-7-15(8-5-13)28-21(32)19-11-12-10-14(25)6-9-18(12)31(19)30-23(34)22(33)29-17-3-1-2-16(26)20(17)27/h1-11H,(H,28,32)(H,29,33)(H,30,34). The van der Waals surface area contributed by atoms with Crippen LogP contribution in [0.5, 0.6) is 0 Å². The van der Waals surface area contributed by atoms with Crippen LogP contribution in [0.2, 0.25) is 20.1 Å². The molecular weight excluding hydrogens is 522 g/mol. The van der Waals surface area contributed by atoms with Crippen molar-refractivity contribution in [1.82, 2.24) is 4.68 Å². The SMILES string of the molecule is O=C(Nc1cccc(Cl)c1Cl)C(=O)Nn1c(C(=O)Nc2ccc(Cl)cc2)cc2cc(Cl)ccc21. The van der Waals surface area contributed by atoms with Crippen molar-refractivity contribution in [3.63, 3.8) is 0 Å². The van der Waals surface area contributed by atoms with Crippen LogP contribution in [0.4, 0.5) is 11.4 Å². The molecule has 34 heavy (non-hydrogen) atoms. The fraction of sp³-hybridized carbons (Fsp3) is 0. The Morgan fingerprint density at radius 3 is 2.18 bits per heavy atom. The third-order valence-corrected chi connectivity index (χ3v) is 6.02. The number of fused-ring (bicyclic) bond motifs is 1. The zero-order valence-electron chi connectivity index (χ0n) is 17.0. The van der Waals surface area contributed by atoms with Gasteiger partial charge in [-0.1, -0.05) is 52.5 Å². The molecule has 7 nitrogen and oxygen atoms in total. The molecular formula is C23H14Cl4N4O3. The van der Waals surface area contributed by atoms with Crippen molar-refractivity contribution in [2.45, 2.75) is 0 Å². The molecule has 0 spiro atoms. The van der Waals surface area contributed by atoms with Gasteiger partial charge in [-0.25, -0.2) is 4.68 Å². The maximum absolute atomic E-state index is 13.0. The molecule has 0 radical (unpaired) electrons. The van der Waals surface area contributed by atoms with Crippen molar-refractivity contribution in [3.8, 4) is 0 Å². The van der Waals surface area contributed by atoms with Gasteiger partial charge in [0.25, 0.3) is 5.91 Å². The largest absolute Gasteiger partial charge is 0.328 e. The predicted molar refractivity (Wildman–Crippen MR) is 136 cm³/mol. The summed E-state index contributed by atoms with van der Waals surface area (Å²) < 4.78 is 1.21. The number of nitrogens with zero attached hydrogens (tertiary/aromatic N) is 1. The van der Waals surface area contributed by atoms with Crippen molar-refractivity contribution in [3.05, 3.63) is 92.5 Å². The van der Waals surface area contributed by atoms with Crippen molar-refractivity contribution >= 4 is 86.4 Å². The van der Waals surface area contributed by atoms with Crippen LogP contribution in [0.15, 0.2) is 66.7 Å². The third-order valence-electron chi connectivity index (χ3n) is 4.72. The minimum absolute atomic E-state index is 0.0640. The van der Waals surface area contributed by atoms with E-state index in [4.69, 9.17) is 46.4 Å². The Balaban J connectivity index is 1.63. The number of hydrogen-bond donors (Lipinski definition) is 3. The van der Waals surface area contributed by atoms with Gasteiger partial charge in [0.2, 0.25) is 0 Å². The van der Waals surface area contributed by atoms with Crippen molar-refractivity contribution in [1.29, 1.82) is 0 Å². The number of carbonyl (C=O) groups excluding carboxylic acids is 3. The van der Waals surface area contributed by atoms with Crippen LogP contribution in [0.25, 0.3) is 10.9 Å². The number of halogens is 4. The van der Waals surface area contributed by atoms with Gasteiger partial charge < -0.3 is 10.6 Å². The number of carbonyl (C=O) groups is 3. The van der Waals surface area contributed by atoms with Gasteiger partial charge in [-0.2, -0.15) is 0 Å². The molecule has 4 aromatic rings. The molecule has 0 aliphatic carbocycles. The van der Waals surface area contributed by atoms with Crippen molar-refractivity contribution < 1.29 is 14.4 Å². The van der Waals surface area contributed by atoms with E-state index in [0.717, 1.165) is 0 Å². The van der Waals surface area contributed by atoms with E-state index < -0.39 is 17.7 Å². The van der Waals surface area contributed by atoms with Gasteiger partial charge in [-0.3, -0.25) is 19.8 Å². The Bertz CT molecular complexity index is 1430. The number of anilines is 2. The molecule has 3 N–H and O–H groups in total. The first-order chi connectivity index (χ1) is 16.2. The van der Waals surface area contributed by atoms with E-state index in [1.54, 1.807) is 60.7 Å². The number of benzene rings is 3. The summed E-state index contributed by atoms with van der Waals surface area (Å²) in [7, 11) is 0. The predicted octanol–water partition coefficient (Wildman–Crippen LogP) is 6.22. The summed E-state index contributed by atoms with van der Waals surface area (Å²) in [4.78, 5) is 38.2. The zero-order valence-corrected chi connectivity index (χ0v) is 20.1. The molecule has 4 rings (SSSR count). The molecule has 3 amide bonds. The van der Waals surface area contributed by atoms with Gasteiger partial charge >= 0.3 is 11.8 Å². The molecule has 1 heterocycles. The molecule has 3 aromatic carbocycles. The summed E-state index contributed by atoms with van der Waals surface area (Å²) in [5.41, 5.74) is 3.62. The van der Waals surface area contributed by atoms with E-state index in [1.807, 2.05) is 0 Å². The first-order valence-corrected chi connectivity index (χ1v) is 11.2. The first-order valence-electron chi connectivity index (χ1n) is 9.67. The summed E-state index contributed by atoms with van der Waals surface area (Å²) in [6.07, 6.45) is 0. The highest BCUT2D eigenvalue weighted by molar-refractivity contribution is 6.46. The van der Waals surface area contributed by atoms with Crippen LogP contribution in [-0.4, -0.2) is 22.4 Å². The van der Waals surface area contributed by atoms with Crippen LogP contribution < -0.4 is 16.1 Å². The molecule has 1 aromatic heterocycles. The van der Waals surface area contributed by atoms with E-state index in [9.17, 15) is 14.4 Å². The van der Waals surface area contributed by atoms with E-state index in [-0.39, 0.29) is 21.4 Å². The summed E-state index contributed by atoms with van der Waals surface area (Å²) >= 11 is 24.0. The molecule has 0 fully saturated rings. The Kier molecular flexibility index (Phi) is 7.00. The third kappa shape index (κ3) is 5.13. The van der Waals surface area contributed by atoms with Crippen LogP contribution in [0, 0.1) is 0 Å². The molecule has 0 saturated carbocycles. The topological polar surface area (TPSA) is 92.2 Å². The van der Waals surface area contributed by atoms with Crippen LogP contribution in [0.3, 0.4) is 0 Å². The minimum atomic E-state index is -1.04. The number of amides is 3. The Morgan fingerprint density at radius 1 is 0.735 bits per heavy atom. The van der Waals surface area contributed by atoms with E-state index in [2.05, 4.69) is 16.1 Å². The van der Waals surface area contributed by atoms with E-state index in [0.29, 0.717) is 26.6 Å². The van der Waals surface area contributed by atoms with Gasteiger partial charge in [-0.05, 0) is 60.7 Å². The lowest BCUT2D eigenvalue weighted by molar-refractivity contribution is -0.133. The average Bonchev–Trinajstić information content (AvgIpc) is 3.15. The fourth-order valence-corrected chi connectivity index (χ4v) is 3.79. The van der Waals surface area contributed by atoms with Gasteiger partial charge in [0, 0.05) is 21.1 Å². The van der Waals surface area contributed by atoms with Crippen LogP contribution in [-0.2, 0) is 9.59 Å². The van der Waals surface area contributed by atoms with Crippen LogP contribution >= 0.6 is 46.4 Å². The summed E-state index contributed by atoms with van der Waals surface area (Å²) in [5.74, 6) is -2.58. The molecule has 0 aliphatic heterocycles. The lowest BCUT2D eigenvalue weighted by atomic mass is 10.2. The van der Waals surface area contributed by atoms with E-state index >= 15 is 0 Å². The average molecular weight is 536 g/mol. The van der Waals surface area contributed by atoms with Gasteiger partial charge in [0.1, 0.15) is 5.69 Å². The maximum Gasteiger partial charge on any atom is 0.328 e. The highest BCUT2D eigenvalue weighted by Gasteiger charge is 2.22. The highest BCUT2D eigenvalue weighted by atomic mass is 35.5. The molecule has 11 heteroatoms. The normalized spacial score (nSPS) is 10.7. The Hall–Kier alpha value is -3.23. The monoisotopic (exact) mass is 534 g/mol. The molecule has 172 valence electrons. The van der Waals surface area contributed by atoms with Gasteiger partial charge in [0.05, 0.1) is 21.2 Å². The fourth-order valence-electron chi connectivity index (χ4n) is 3.13. The van der Waals surface area contributed by atoms with Crippen molar-refractivity contribution in [2.24, 2.45) is 0 Å². The maximum atomic E-state index is 13.0. The Labute approximate surface area is 213 Å². The number of aromatic nitrogens is 1. The molecule has 0 bridgehead atoms. The van der Waals surface area contributed by atoms with Gasteiger partial charge in [-0.15, -0.1) is 0 Å². The Morgan fingerprint density at radius 2 is 1.44 bits per heavy atom. The molecule has 0 atom stereocenters.